The predicted molar refractivity (Wildman–Crippen MR) is 51.8 cm³/mol. The molecule has 0 aliphatic rings. The first-order valence-electron chi connectivity index (χ1n) is 4.66. The fraction of sp³-hybridized carbons (Fsp3) is 0.455. The number of benzene rings is 1. The third-order valence-corrected chi connectivity index (χ3v) is 2.00. The average Bonchev–Trinajstić information content (AvgIpc) is 2.04. The molecular formula is C11H12F4O. The summed E-state index contributed by atoms with van der Waals surface area (Å²) < 4.78 is 53.1. The summed E-state index contributed by atoms with van der Waals surface area (Å²) in [5.74, 6) is -1.76. The van der Waals surface area contributed by atoms with Gasteiger partial charge in [-0.1, -0.05) is 32.9 Å². The van der Waals surface area contributed by atoms with Crippen LogP contribution < -0.4 is 4.74 Å². The quantitative estimate of drug-likeness (QED) is 0.669. The van der Waals surface area contributed by atoms with Crippen molar-refractivity contribution in [3.63, 3.8) is 0 Å². The Balaban J connectivity index is 3.15. The van der Waals surface area contributed by atoms with Gasteiger partial charge < -0.3 is 4.74 Å². The Morgan fingerprint density at radius 3 is 2.06 bits per heavy atom. The normalized spacial score (nSPS) is 12.7. The van der Waals surface area contributed by atoms with Crippen LogP contribution in [0.3, 0.4) is 0 Å². The van der Waals surface area contributed by atoms with Crippen LogP contribution in [0.15, 0.2) is 18.2 Å². The van der Waals surface area contributed by atoms with Crippen molar-refractivity contribution in [2.24, 2.45) is 0 Å². The lowest BCUT2D eigenvalue weighted by Crippen LogP contribution is -2.20. The third kappa shape index (κ3) is 3.12. The molecule has 0 bridgehead atoms. The van der Waals surface area contributed by atoms with Crippen molar-refractivity contribution in [2.45, 2.75) is 32.5 Å². The van der Waals surface area contributed by atoms with Gasteiger partial charge in [0, 0.05) is 0 Å². The van der Waals surface area contributed by atoms with E-state index in [9.17, 15) is 17.6 Å². The highest BCUT2D eigenvalue weighted by Gasteiger charge is 2.33. The minimum atomic E-state index is -4.88. The molecule has 1 aromatic rings. The summed E-state index contributed by atoms with van der Waals surface area (Å²) in [6.07, 6.45) is -4.88. The lowest BCUT2D eigenvalue weighted by molar-refractivity contribution is -0.275. The van der Waals surface area contributed by atoms with Crippen molar-refractivity contribution in [3.05, 3.63) is 29.6 Å². The van der Waals surface area contributed by atoms with E-state index in [1.165, 1.54) is 12.1 Å². The van der Waals surface area contributed by atoms with Crippen LogP contribution in [0, 0.1) is 5.82 Å². The number of halogens is 4. The molecule has 0 spiro atoms. The maximum absolute atomic E-state index is 13.7. The molecule has 5 heteroatoms. The van der Waals surface area contributed by atoms with E-state index < -0.39 is 23.3 Å². The van der Waals surface area contributed by atoms with E-state index in [4.69, 9.17) is 0 Å². The van der Waals surface area contributed by atoms with Crippen molar-refractivity contribution in [3.8, 4) is 5.75 Å². The molecule has 1 rings (SSSR count). The fourth-order valence-corrected chi connectivity index (χ4v) is 1.29. The third-order valence-electron chi connectivity index (χ3n) is 2.00. The molecule has 0 aliphatic carbocycles. The Hall–Kier alpha value is -1.26. The fourth-order valence-electron chi connectivity index (χ4n) is 1.29. The number of alkyl halides is 3. The molecule has 0 N–H and O–H groups in total. The van der Waals surface area contributed by atoms with E-state index in [0.29, 0.717) is 0 Å². The zero-order valence-corrected chi connectivity index (χ0v) is 9.15. The first-order valence-corrected chi connectivity index (χ1v) is 4.66. The molecule has 0 amide bonds. The molecular weight excluding hydrogens is 224 g/mol. The number of hydrogen-bond acceptors (Lipinski definition) is 1. The highest BCUT2D eigenvalue weighted by molar-refractivity contribution is 5.35. The smallest absolute Gasteiger partial charge is 0.403 e. The van der Waals surface area contributed by atoms with Crippen molar-refractivity contribution >= 4 is 0 Å². The van der Waals surface area contributed by atoms with Crippen molar-refractivity contribution < 1.29 is 22.3 Å². The van der Waals surface area contributed by atoms with Gasteiger partial charge in [-0.2, -0.15) is 0 Å². The topological polar surface area (TPSA) is 9.23 Å². The second-order valence-electron chi connectivity index (χ2n) is 4.42. The standard InChI is InChI=1S/C11H12F4O/c1-10(2,3)7-5-4-6-8(9(7)12)16-11(13,14)15/h4-6H,1-3H3. The number of hydrogen-bond donors (Lipinski definition) is 0. The Kier molecular flexibility index (Phi) is 3.17. The van der Waals surface area contributed by atoms with E-state index in [0.717, 1.165) is 6.07 Å². The van der Waals surface area contributed by atoms with Gasteiger partial charge in [-0.05, 0) is 17.0 Å². The molecule has 0 saturated heterocycles. The van der Waals surface area contributed by atoms with Gasteiger partial charge in [-0.15, -0.1) is 13.2 Å². The van der Waals surface area contributed by atoms with E-state index in [-0.39, 0.29) is 5.56 Å². The molecule has 0 aromatic heterocycles. The summed E-state index contributed by atoms with van der Waals surface area (Å²) in [5, 5.41) is 0. The van der Waals surface area contributed by atoms with Crippen LogP contribution in [0.4, 0.5) is 17.6 Å². The zero-order valence-electron chi connectivity index (χ0n) is 9.15. The largest absolute Gasteiger partial charge is 0.573 e. The van der Waals surface area contributed by atoms with Crippen LogP contribution in [0.25, 0.3) is 0 Å². The van der Waals surface area contributed by atoms with Crippen LogP contribution in [-0.4, -0.2) is 6.36 Å². The highest BCUT2D eigenvalue weighted by atomic mass is 19.4. The molecule has 0 unspecified atom stereocenters. The van der Waals surface area contributed by atoms with Crippen LogP contribution in [0.2, 0.25) is 0 Å². The van der Waals surface area contributed by atoms with Gasteiger partial charge in [-0.3, -0.25) is 0 Å². The van der Waals surface area contributed by atoms with Crippen molar-refractivity contribution in [1.29, 1.82) is 0 Å². The summed E-state index contributed by atoms with van der Waals surface area (Å²) in [4.78, 5) is 0. The Morgan fingerprint density at radius 2 is 1.62 bits per heavy atom. The maximum atomic E-state index is 13.7. The number of rotatable bonds is 1. The zero-order chi connectivity index (χ0) is 12.6. The summed E-state index contributed by atoms with van der Waals surface area (Å²) in [7, 11) is 0. The minimum absolute atomic E-state index is 0.189. The van der Waals surface area contributed by atoms with Gasteiger partial charge in [0.05, 0.1) is 0 Å². The summed E-state index contributed by atoms with van der Waals surface area (Å²) >= 11 is 0. The van der Waals surface area contributed by atoms with Crippen LogP contribution in [0.5, 0.6) is 5.75 Å². The maximum Gasteiger partial charge on any atom is 0.573 e. The molecule has 0 aliphatic heterocycles. The Bertz CT molecular complexity index is 377. The summed E-state index contributed by atoms with van der Waals surface area (Å²) in [6, 6.07) is 3.74. The second-order valence-corrected chi connectivity index (χ2v) is 4.42. The second kappa shape index (κ2) is 3.96. The van der Waals surface area contributed by atoms with Gasteiger partial charge in [0.25, 0.3) is 0 Å². The summed E-state index contributed by atoms with van der Waals surface area (Å²) in [5.41, 5.74) is -0.385. The Labute approximate surface area is 91.0 Å². The molecule has 0 saturated carbocycles. The van der Waals surface area contributed by atoms with Crippen LogP contribution in [-0.2, 0) is 5.41 Å². The lowest BCUT2D eigenvalue weighted by Gasteiger charge is -2.21. The van der Waals surface area contributed by atoms with Crippen molar-refractivity contribution in [1.82, 2.24) is 0 Å². The van der Waals surface area contributed by atoms with Gasteiger partial charge in [0.1, 0.15) is 0 Å². The molecule has 0 atom stereocenters. The summed E-state index contributed by atoms with van der Waals surface area (Å²) in [6.45, 7) is 5.13. The van der Waals surface area contributed by atoms with Gasteiger partial charge in [-0.25, -0.2) is 4.39 Å². The van der Waals surface area contributed by atoms with Crippen molar-refractivity contribution in [2.75, 3.05) is 0 Å². The van der Waals surface area contributed by atoms with Gasteiger partial charge in [0.2, 0.25) is 0 Å². The molecule has 1 nitrogen and oxygen atoms in total. The van der Waals surface area contributed by atoms with Gasteiger partial charge in [0.15, 0.2) is 11.6 Å². The SMILES string of the molecule is CC(C)(C)c1cccc(OC(F)(F)F)c1F. The molecule has 90 valence electrons. The molecule has 16 heavy (non-hydrogen) atoms. The lowest BCUT2D eigenvalue weighted by atomic mass is 9.86. The van der Waals surface area contributed by atoms with E-state index in [1.807, 2.05) is 0 Å². The highest BCUT2D eigenvalue weighted by Crippen LogP contribution is 2.32. The average molecular weight is 236 g/mol. The monoisotopic (exact) mass is 236 g/mol. The first-order chi connectivity index (χ1) is 7.11. The molecule has 1 aromatic carbocycles. The van der Waals surface area contributed by atoms with Crippen LogP contribution in [0.1, 0.15) is 26.3 Å². The molecule has 0 heterocycles. The van der Waals surface area contributed by atoms with E-state index in [2.05, 4.69) is 4.74 Å². The Morgan fingerprint density at radius 1 is 1.06 bits per heavy atom. The van der Waals surface area contributed by atoms with Gasteiger partial charge >= 0.3 is 6.36 Å². The number of ether oxygens (including phenoxy) is 1. The van der Waals surface area contributed by atoms with Crippen LogP contribution >= 0.6 is 0 Å². The predicted octanol–water partition coefficient (Wildman–Crippen LogP) is 4.02. The molecule has 0 fully saturated rings. The minimum Gasteiger partial charge on any atom is -0.403 e. The first kappa shape index (κ1) is 12.8. The van der Waals surface area contributed by atoms with E-state index >= 15 is 0 Å². The molecule has 0 radical (unpaired) electrons. The van der Waals surface area contributed by atoms with E-state index in [1.54, 1.807) is 20.8 Å².